The van der Waals surface area contributed by atoms with Gasteiger partial charge in [-0.25, -0.2) is 8.42 Å². The van der Waals surface area contributed by atoms with Crippen molar-refractivity contribution in [1.82, 2.24) is 0 Å². The van der Waals surface area contributed by atoms with Crippen LogP contribution in [0.5, 0.6) is 5.75 Å². The summed E-state index contributed by atoms with van der Waals surface area (Å²) in [6.07, 6.45) is -0.415. The van der Waals surface area contributed by atoms with E-state index >= 15 is 0 Å². The third kappa shape index (κ3) is 6.12. The predicted octanol–water partition coefficient (Wildman–Crippen LogP) is 3.35. The third-order valence-electron chi connectivity index (χ3n) is 3.55. The fraction of sp³-hybridized carbons (Fsp3) is 0.222. The molecule has 0 radical (unpaired) electrons. The molecular formula is C18H17Cl2NO6S. The Labute approximate surface area is 172 Å². The first-order chi connectivity index (χ1) is 13.2. The van der Waals surface area contributed by atoms with Crippen LogP contribution in [0, 0.1) is 0 Å². The summed E-state index contributed by atoms with van der Waals surface area (Å²) in [5.41, 5.74) is 0.317. The Morgan fingerprint density at radius 2 is 1.82 bits per heavy atom. The lowest BCUT2D eigenvalue weighted by Crippen LogP contribution is -2.22. The molecule has 2 aromatic rings. The van der Waals surface area contributed by atoms with Crippen molar-refractivity contribution >= 4 is 50.6 Å². The molecule has 0 atom stereocenters. The van der Waals surface area contributed by atoms with E-state index in [0.29, 0.717) is 16.5 Å². The highest BCUT2D eigenvalue weighted by Gasteiger charge is 2.20. The smallest absolute Gasteiger partial charge is 0.307 e. The summed E-state index contributed by atoms with van der Waals surface area (Å²) in [4.78, 5) is 23.7. The van der Waals surface area contributed by atoms with Crippen LogP contribution in [0.15, 0.2) is 47.4 Å². The molecule has 1 N–H and O–H groups in total. The molecule has 7 nitrogen and oxygen atoms in total. The summed E-state index contributed by atoms with van der Waals surface area (Å²) in [6, 6.07) is 10.6. The zero-order chi connectivity index (χ0) is 20.7. The fourth-order valence-corrected chi connectivity index (χ4v) is 4.17. The summed E-state index contributed by atoms with van der Waals surface area (Å²) in [7, 11) is -2.32. The molecule has 0 aliphatic rings. The molecule has 1 amide bonds. The summed E-state index contributed by atoms with van der Waals surface area (Å²) in [5.74, 6) is -1.55. The minimum atomic E-state index is -3.75. The van der Waals surface area contributed by atoms with Gasteiger partial charge in [0.15, 0.2) is 16.4 Å². The van der Waals surface area contributed by atoms with Gasteiger partial charge in [0.1, 0.15) is 5.75 Å². The summed E-state index contributed by atoms with van der Waals surface area (Å²) >= 11 is 11.7. The van der Waals surface area contributed by atoms with Gasteiger partial charge in [0.05, 0.1) is 34.9 Å². The minimum Gasteiger partial charge on any atom is -0.495 e. The molecule has 0 saturated heterocycles. The molecule has 10 heteroatoms. The van der Waals surface area contributed by atoms with Crippen LogP contribution in [0.25, 0.3) is 0 Å². The average molecular weight is 446 g/mol. The van der Waals surface area contributed by atoms with Crippen molar-refractivity contribution in [2.75, 3.05) is 24.8 Å². The first-order valence-corrected chi connectivity index (χ1v) is 10.4. The number of hydrogen-bond donors (Lipinski definition) is 1. The van der Waals surface area contributed by atoms with Crippen molar-refractivity contribution in [2.24, 2.45) is 0 Å². The van der Waals surface area contributed by atoms with E-state index in [4.69, 9.17) is 32.7 Å². The van der Waals surface area contributed by atoms with Crippen molar-refractivity contribution < 1.29 is 27.5 Å². The van der Waals surface area contributed by atoms with Crippen LogP contribution in [0.1, 0.15) is 6.42 Å². The molecule has 0 bridgehead atoms. The minimum absolute atomic E-state index is 0.0599. The molecule has 0 unspecified atom stereocenters. The van der Waals surface area contributed by atoms with Gasteiger partial charge < -0.3 is 14.8 Å². The second kappa shape index (κ2) is 9.77. The van der Waals surface area contributed by atoms with E-state index in [-0.39, 0.29) is 9.92 Å². The first kappa shape index (κ1) is 22.0. The van der Waals surface area contributed by atoms with Crippen LogP contribution >= 0.6 is 23.2 Å². The zero-order valence-corrected chi connectivity index (χ0v) is 17.1. The number of hydrogen-bond acceptors (Lipinski definition) is 6. The number of methoxy groups -OCH3 is 1. The van der Waals surface area contributed by atoms with E-state index < -0.39 is 40.5 Å². The number of anilines is 1. The van der Waals surface area contributed by atoms with Crippen LogP contribution in [0.3, 0.4) is 0 Å². The second-order valence-corrected chi connectivity index (χ2v) is 8.47. The summed E-state index contributed by atoms with van der Waals surface area (Å²) in [5, 5.41) is 2.96. The number of sulfone groups is 1. The van der Waals surface area contributed by atoms with E-state index in [2.05, 4.69) is 5.32 Å². The molecule has 0 fully saturated rings. The standard InChI is InChI=1S/C18H17Cl2NO6S/c1-26-15-7-6-12(19)10-14(15)21-17(22)11-27-18(23)8-9-28(24,25)16-5-3-2-4-13(16)20/h2-7,10H,8-9,11H2,1H3,(H,21,22). The zero-order valence-electron chi connectivity index (χ0n) is 14.8. The van der Waals surface area contributed by atoms with E-state index in [1.54, 1.807) is 18.2 Å². The van der Waals surface area contributed by atoms with Gasteiger partial charge in [0, 0.05) is 5.02 Å². The van der Waals surface area contributed by atoms with E-state index in [1.807, 2.05) is 0 Å². The Morgan fingerprint density at radius 3 is 2.50 bits per heavy atom. The van der Waals surface area contributed by atoms with Gasteiger partial charge in [-0.05, 0) is 30.3 Å². The molecule has 0 heterocycles. The number of halogens is 2. The maximum Gasteiger partial charge on any atom is 0.307 e. The summed E-state index contributed by atoms with van der Waals surface area (Å²) in [6.45, 7) is -0.583. The lowest BCUT2D eigenvalue weighted by atomic mass is 10.3. The Hall–Kier alpha value is -2.29. The number of rotatable bonds is 8. The highest BCUT2D eigenvalue weighted by atomic mass is 35.5. The lowest BCUT2D eigenvalue weighted by Gasteiger charge is -2.11. The van der Waals surface area contributed by atoms with Gasteiger partial charge in [-0.15, -0.1) is 0 Å². The van der Waals surface area contributed by atoms with Crippen molar-refractivity contribution in [1.29, 1.82) is 0 Å². The normalized spacial score (nSPS) is 11.0. The van der Waals surface area contributed by atoms with Crippen molar-refractivity contribution in [3.8, 4) is 5.75 Å². The molecule has 0 aliphatic heterocycles. The van der Waals surface area contributed by atoms with E-state index in [9.17, 15) is 18.0 Å². The molecule has 0 aromatic heterocycles. The number of amides is 1. The number of nitrogens with one attached hydrogen (secondary N) is 1. The Morgan fingerprint density at radius 1 is 1.11 bits per heavy atom. The quantitative estimate of drug-likeness (QED) is 0.625. The maximum absolute atomic E-state index is 12.2. The van der Waals surface area contributed by atoms with Crippen LogP contribution in [0.2, 0.25) is 10.0 Å². The van der Waals surface area contributed by atoms with Gasteiger partial charge >= 0.3 is 5.97 Å². The Kier molecular flexibility index (Phi) is 7.68. The van der Waals surface area contributed by atoms with Gasteiger partial charge in [0.25, 0.3) is 5.91 Å². The monoisotopic (exact) mass is 445 g/mol. The molecule has 150 valence electrons. The van der Waals surface area contributed by atoms with Crippen molar-refractivity contribution in [3.63, 3.8) is 0 Å². The fourth-order valence-electron chi connectivity index (χ4n) is 2.21. The highest BCUT2D eigenvalue weighted by molar-refractivity contribution is 7.91. The topological polar surface area (TPSA) is 98.8 Å². The lowest BCUT2D eigenvalue weighted by molar-refractivity contribution is -0.146. The van der Waals surface area contributed by atoms with E-state index in [1.165, 1.54) is 31.4 Å². The highest BCUT2D eigenvalue weighted by Crippen LogP contribution is 2.27. The Bertz CT molecular complexity index is 978. The molecule has 0 aliphatic carbocycles. The molecular weight excluding hydrogens is 429 g/mol. The van der Waals surface area contributed by atoms with Crippen LogP contribution < -0.4 is 10.1 Å². The van der Waals surface area contributed by atoms with Crippen LogP contribution in [-0.4, -0.2) is 39.8 Å². The number of esters is 1. The predicted molar refractivity (Wildman–Crippen MR) is 106 cm³/mol. The van der Waals surface area contributed by atoms with Crippen LogP contribution in [-0.2, 0) is 24.2 Å². The molecule has 2 aromatic carbocycles. The molecule has 0 saturated carbocycles. The number of carbonyl (C=O) groups excluding carboxylic acids is 2. The second-order valence-electron chi connectivity index (χ2n) is 5.55. The largest absolute Gasteiger partial charge is 0.495 e. The van der Waals surface area contributed by atoms with Crippen molar-refractivity contribution in [3.05, 3.63) is 52.5 Å². The molecule has 28 heavy (non-hydrogen) atoms. The van der Waals surface area contributed by atoms with Crippen LogP contribution in [0.4, 0.5) is 5.69 Å². The summed E-state index contributed by atoms with van der Waals surface area (Å²) < 4.78 is 34.4. The SMILES string of the molecule is COc1ccc(Cl)cc1NC(=O)COC(=O)CCS(=O)(=O)c1ccccc1Cl. The van der Waals surface area contributed by atoms with Gasteiger partial charge in [0.2, 0.25) is 0 Å². The first-order valence-electron chi connectivity index (χ1n) is 7.99. The van der Waals surface area contributed by atoms with Gasteiger partial charge in [-0.1, -0.05) is 35.3 Å². The average Bonchev–Trinajstić information content (AvgIpc) is 2.65. The number of carbonyl (C=O) groups is 2. The maximum atomic E-state index is 12.2. The van der Waals surface area contributed by atoms with E-state index in [0.717, 1.165) is 0 Å². The van der Waals surface area contributed by atoms with Gasteiger partial charge in [-0.3, -0.25) is 9.59 Å². The Balaban J connectivity index is 1.86. The molecule has 2 rings (SSSR count). The van der Waals surface area contributed by atoms with Gasteiger partial charge in [-0.2, -0.15) is 0 Å². The number of ether oxygens (including phenoxy) is 2. The third-order valence-corrected chi connectivity index (χ3v) is 5.99. The molecule has 0 spiro atoms. The number of benzene rings is 2. The van der Waals surface area contributed by atoms with Crippen molar-refractivity contribution in [2.45, 2.75) is 11.3 Å².